The maximum atomic E-state index is 12.0. The van der Waals surface area contributed by atoms with Crippen LogP contribution in [0.4, 0.5) is 0 Å². The average Bonchev–Trinajstić information content (AvgIpc) is 2.44. The van der Waals surface area contributed by atoms with Crippen molar-refractivity contribution in [3.8, 4) is 5.75 Å². The van der Waals surface area contributed by atoms with Crippen molar-refractivity contribution in [3.63, 3.8) is 0 Å². The van der Waals surface area contributed by atoms with Gasteiger partial charge in [0.05, 0.1) is 16.1 Å². The van der Waals surface area contributed by atoms with Gasteiger partial charge < -0.3 is 5.11 Å². The van der Waals surface area contributed by atoms with E-state index in [1.54, 1.807) is 12.1 Å². The third kappa shape index (κ3) is 3.91. The number of hydrazone groups is 1. The first kappa shape index (κ1) is 16.6. The molecule has 0 bridgehead atoms. The number of phenolic OH excluding ortho intramolecular Hbond substituents is 1. The Bertz CT molecular complexity index is 819. The molecule has 0 aromatic heterocycles. The maximum absolute atomic E-state index is 12.0. The van der Waals surface area contributed by atoms with Gasteiger partial charge in [-0.1, -0.05) is 40.9 Å². The summed E-state index contributed by atoms with van der Waals surface area (Å²) in [5.41, 5.74) is 1.14. The molecule has 2 rings (SSSR count). The highest BCUT2D eigenvalue weighted by atomic mass is 35.5. The predicted octanol–water partition coefficient (Wildman–Crippen LogP) is 3.32. The lowest BCUT2D eigenvalue weighted by Crippen LogP contribution is -2.18. The normalized spacial score (nSPS) is 11.8. The molecule has 0 unspecified atom stereocenters. The van der Waals surface area contributed by atoms with Crippen LogP contribution in [0.3, 0.4) is 0 Å². The van der Waals surface area contributed by atoms with E-state index in [4.69, 9.17) is 23.2 Å². The number of nitrogens with one attached hydrogen (secondary N) is 1. The standard InChI is InChI=1S/C14H12Cl2N2O3S/c1-9-2-4-12(5-3-9)22(20,21)18-17-8-10-6-11(15)7-13(16)14(10)19/h2-8,18-19H,1H3/b17-8+. The molecular formula is C14H12Cl2N2O3S. The summed E-state index contributed by atoms with van der Waals surface area (Å²) in [5, 5.41) is 13.7. The number of aromatic hydroxyl groups is 1. The van der Waals surface area contributed by atoms with Crippen molar-refractivity contribution < 1.29 is 13.5 Å². The highest BCUT2D eigenvalue weighted by Gasteiger charge is 2.12. The van der Waals surface area contributed by atoms with Crippen molar-refractivity contribution in [2.45, 2.75) is 11.8 Å². The Labute approximate surface area is 138 Å². The van der Waals surface area contributed by atoms with Gasteiger partial charge in [-0.25, -0.2) is 4.83 Å². The SMILES string of the molecule is Cc1ccc(S(=O)(=O)N/N=C/c2cc(Cl)cc(Cl)c2O)cc1. The fourth-order valence-corrected chi connectivity index (χ4v) is 2.92. The smallest absolute Gasteiger partial charge is 0.276 e. The zero-order valence-electron chi connectivity index (χ0n) is 11.4. The molecule has 0 saturated heterocycles. The highest BCUT2D eigenvalue weighted by Crippen LogP contribution is 2.29. The quantitative estimate of drug-likeness (QED) is 0.649. The van der Waals surface area contributed by atoms with Crippen molar-refractivity contribution in [3.05, 3.63) is 57.6 Å². The van der Waals surface area contributed by atoms with E-state index in [2.05, 4.69) is 9.93 Å². The van der Waals surface area contributed by atoms with Gasteiger partial charge in [0, 0.05) is 10.6 Å². The van der Waals surface area contributed by atoms with E-state index in [0.29, 0.717) is 5.02 Å². The molecule has 0 radical (unpaired) electrons. The van der Waals surface area contributed by atoms with Gasteiger partial charge >= 0.3 is 0 Å². The number of sulfonamides is 1. The first-order chi connectivity index (χ1) is 10.3. The second kappa shape index (κ2) is 6.56. The van der Waals surface area contributed by atoms with Crippen molar-refractivity contribution in [1.82, 2.24) is 4.83 Å². The predicted molar refractivity (Wildman–Crippen MR) is 87.2 cm³/mol. The Hall–Kier alpha value is -1.76. The largest absolute Gasteiger partial charge is 0.506 e. The molecule has 0 amide bonds. The van der Waals surface area contributed by atoms with Crippen molar-refractivity contribution in [2.75, 3.05) is 0 Å². The summed E-state index contributed by atoms with van der Waals surface area (Å²) in [6.07, 6.45) is 1.12. The van der Waals surface area contributed by atoms with Crippen LogP contribution in [0.5, 0.6) is 5.75 Å². The third-order valence-electron chi connectivity index (χ3n) is 2.77. The molecule has 0 aliphatic carbocycles. The second-order valence-electron chi connectivity index (χ2n) is 4.49. The first-order valence-electron chi connectivity index (χ1n) is 6.09. The van der Waals surface area contributed by atoms with Gasteiger partial charge in [0.1, 0.15) is 5.75 Å². The van der Waals surface area contributed by atoms with Crippen LogP contribution in [0.15, 0.2) is 46.4 Å². The summed E-state index contributed by atoms with van der Waals surface area (Å²) in [7, 11) is -3.78. The van der Waals surface area contributed by atoms with Crippen molar-refractivity contribution >= 4 is 39.4 Å². The minimum atomic E-state index is -3.78. The Kier molecular flexibility index (Phi) is 4.95. The Morgan fingerprint density at radius 3 is 2.45 bits per heavy atom. The van der Waals surface area contributed by atoms with Gasteiger partial charge in [0.2, 0.25) is 0 Å². The molecule has 22 heavy (non-hydrogen) atoms. The number of hydrogen-bond donors (Lipinski definition) is 2. The van der Waals surface area contributed by atoms with Gasteiger partial charge in [0.25, 0.3) is 10.0 Å². The minimum Gasteiger partial charge on any atom is -0.506 e. The van der Waals surface area contributed by atoms with Gasteiger partial charge in [0.15, 0.2) is 0 Å². The summed E-state index contributed by atoms with van der Waals surface area (Å²) >= 11 is 11.6. The van der Waals surface area contributed by atoms with Crippen molar-refractivity contribution in [2.24, 2.45) is 5.10 Å². The first-order valence-corrected chi connectivity index (χ1v) is 8.33. The number of halogens is 2. The van der Waals surface area contributed by atoms with Gasteiger partial charge in [-0.2, -0.15) is 13.5 Å². The third-order valence-corrected chi connectivity index (χ3v) is 4.51. The zero-order valence-corrected chi connectivity index (χ0v) is 13.7. The van der Waals surface area contributed by atoms with E-state index < -0.39 is 10.0 Å². The minimum absolute atomic E-state index is 0.0512. The van der Waals surface area contributed by atoms with E-state index in [9.17, 15) is 13.5 Å². The van der Waals surface area contributed by atoms with E-state index in [1.165, 1.54) is 24.3 Å². The number of benzene rings is 2. The average molecular weight is 359 g/mol. The number of nitrogens with zero attached hydrogens (tertiary/aromatic N) is 1. The van der Waals surface area contributed by atoms with Crippen LogP contribution in [-0.4, -0.2) is 19.7 Å². The Balaban J connectivity index is 2.20. The fourth-order valence-electron chi connectivity index (χ4n) is 1.62. The van der Waals surface area contributed by atoms with Gasteiger partial charge in [-0.15, -0.1) is 0 Å². The lowest BCUT2D eigenvalue weighted by molar-refractivity contribution is 0.474. The molecule has 0 heterocycles. The number of hydrogen-bond acceptors (Lipinski definition) is 4. The van der Waals surface area contributed by atoms with Crippen LogP contribution in [-0.2, 0) is 10.0 Å². The monoisotopic (exact) mass is 358 g/mol. The fraction of sp³-hybridized carbons (Fsp3) is 0.0714. The number of aryl methyl sites for hydroxylation is 1. The molecule has 0 saturated carbocycles. The number of phenols is 1. The van der Waals surface area contributed by atoms with Crippen LogP contribution in [0, 0.1) is 6.92 Å². The molecule has 2 aromatic rings. The van der Waals surface area contributed by atoms with Gasteiger partial charge in [-0.3, -0.25) is 0 Å². The van der Waals surface area contributed by atoms with Crippen LogP contribution >= 0.6 is 23.2 Å². The zero-order chi connectivity index (χ0) is 16.3. The molecule has 0 atom stereocenters. The van der Waals surface area contributed by atoms with E-state index in [0.717, 1.165) is 11.8 Å². The van der Waals surface area contributed by atoms with Crippen LogP contribution in [0.2, 0.25) is 10.0 Å². The second-order valence-corrected chi connectivity index (χ2v) is 7.00. The van der Waals surface area contributed by atoms with Crippen LogP contribution < -0.4 is 4.83 Å². The summed E-state index contributed by atoms with van der Waals surface area (Å²) in [4.78, 5) is 2.14. The molecule has 2 N–H and O–H groups in total. The van der Waals surface area contributed by atoms with E-state index >= 15 is 0 Å². The Morgan fingerprint density at radius 2 is 1.82 bits per heavy atom. The highest BCUT2D eigenvalue weighted by molar-refractivity contribution is 7.89. The molecule has 116 valence electrons. The summed E-state index contributed by atoms with van der Waals surface area (Å²) in [6.45, 7) is 1.85. The van der Waals surface area contributed by atoms with E-state index in [1.807, 2.05) is 6.92 Å². The molecule has 5 nitrogen and oxygen atoms in total. The maximum Gasteiger partial charge on any atom is 0.276 e. The molecule has 0 fully saturated rings. The summed E-state index contributed by atoms with van der Waals surface area (Å²) in [6, 6.07) is 9.09. The molecule has 2 aromatic carbocycles. The molecular weight excluding hydrogens is 347 g/mol. The lowest BCUT2D eigenvalue weighted by Gasteiger charge is -2.05. The van der Waals surface area contributed by atoms with Gasteiger partial charge in [-0.05, 0) is 31.2 Å². The summed E-state index contributed by atoms with van der Waals surface area (Å²) < 4.78 is 24.0. The summed E-state index contributed by atoms with van der Waals surface area (Å²) in [5.74, 6) is -0.232. The lowest BCUT2D eigenvalue weighted by atomic mass is 10.2. The Morgan fingerprint density at radius 1 is 1.18 bits per heavy atom. The van der Waals surface area contributed by atoms with Crippen LogP contribution in [0.25, 0.3) is 0 Å². The topological polar surface area (TPSA) is 78.8 Å². The molecule has 0 aliphatic heterocycles. The molecule has 0 spiro atoms. The van der Waals surface area contributed by atoms with Crippen LogP contribution in [0.1, 0.15) is 11.1 Å². The molecule has 0 aliphatic rings. The van der Waals surface area contributed by atoms with Crippen molar-refractivity contribution in [1.29, 1.82) is 0 Å². The number of rotatable bonds is 4. The van der Waals surface area contributed by atoms with E-state index in [-0.39, 0.29) is 21.2 Å². The molecule has 8 heteroatoms.